The molecule has 0 radical (unpaired) electrons. The molecule has 1 aliphatic rings. The van der Waals surface area contributed by atoms with Gasteiger partial charge >= 0.3 is 0 Å². The standard InChI is InChI=1S/C20H23N5O/c1-12-7-13(2)19-15(9-16(14-5-6-14)22-17(19)8-12)20(26)24(3)10-18-23-21-11-25(18)4/h7-9,11,14H,5-6,10H2,1-4H3. The van der Waals surface area contributed by atoms with E-state index in [1.54, 1.807) is 11.2 Å². The average Bonchev–Trinajstić information content (AvgIpc) is 3.37. The lowest BCUT2D eigenvalue weighted by Gasteiger charge is -2.19. The van der Waals surface area contributed by atoms with Crippen LogP contribution >= 0.6 is 0 Å². The van der Waals surface area contributed by atoms with E-state index in [0.29, 0.717) is 12.5 Å². The van der Waals surface area contributed by atoms with Crippen molar-refractivity contribution >= 4 is 16.8 Å². The zero-order valence-corrected chi connectivity index (χ0v) is 15.7. The Kier molecular flexibility index (Phi) is 3.98. The van der Waals surface area contributed by atoms with Crippen molar-refractivity contribution < 1.29 is 4.79 Å². The van der Waals surface area contributed by atoms with Crippen LogP contribution in [0, 0.1) is 13.8 Å². The molecule has 0 spiro atoms. The molecule has 26 heavy (non-hydrogen) atoms. The Balaban J connectivity index is 1.78. The minimum absolute atomic E-state index is 0.00532. The van der Waals surface area contributed by atoms with E-state index in [0.717, 1.165) is 46.4 Å². The maximum atomic E-state index is 13.3. The fourth-order valence-corrected chi connectivity index (χ4v) is 3.47. The number of hydrogen-bond acceptors (Lipinski definition) is 4. The molecule has 2 heterocycles. The third-order valence-electron chi connectivity index (χ3n) is 5.03. The summed E-state index contributed by atoms with van der Waals surface area (Å²) in [4.78, 5) is 19.8. The highest BCUT2D eigenvalue weighted by Gasteiger charge is 2.28. The molecule has 0 unspecified atom stereocenters. The van der Waals surface area contributed by atoms with Gasteiger partial charge < -0.3 is 9.47 Å². The molecule has 1 saturated carbocycles. The maximum absolute atomic E-state index is 13.3. The summed E-state index contributed by atoms with van der Waals surface area (Å²) in [6, 6.07) is 6.19. The molecule has 6 nitrogen and oxygen atoms in total. The Morgan fingerprint density at radius 1 is 1.27 bits per heavy atom. The zero-order valence-electron chi connectivity index (χ0n) is 15.7. The number of nitrogens with zero attached hydrogens (tertiary/aromatic N) is 5. The molecule has 0 saturated heterocycles. The van der Waals surface area contributed by atoms with Gasteiger partial charge in [0.2, 0.25) is 0 Å². The van der Waals surface area contributed by atoms with Gasteiger partial charge in [0.15, 0.2) is 5.82 Å². The minimum Gasteiger partial charge on any atom is -0.334 e. The number of fused-ring (bicyclic) bond motifs is 1. The molecule has 0 aliphatic heterocycles. The van der Waals surface area contributed by atoms with Crippen molar-refractivity contribution in [1.82, 2.24) is 24.6 Å². The molecule has 1 amide bonds. The highest BCUT2D eigenvalue weighted by molar-refractivity contribution is 6.07. The molecule has 4 rings (SSSR count). The summed E-state index contributed by atoms with van der Waals surface area (Å²) in [5, 5.41) is 8.93. The first-order valence-electron chi connectivity index (χ1n) is 8.94. The third kappa shape index (κ3) is 2.96. The molecule has 0 atom stereocenters. The number of carbonyl (C=O) groups excluding carboxylic acids is 1. The molecule has 134 valence electrons. The van der Waals surface area contributed by atoms with Crippen LogP contribution in [0.4, 0.5) is 0 Å². The Morgan fingerprint density at radius 3 is 2.69 bits per heavy atom. The predicted molar refractivity (Wildman–Crippen MR) is 100.0 cm³/mol. The monoisotopic (exact) mass is 349 g/mol. The van der Waals surface area contributed by atoms with Gasteiger partial charge in [-0.25, -0.2) is 0 Å². The predicted octanol–water partition coefficient (Wildman–Crippen LogP) is 3.13. The largest absolute Gasteiger partial charge is 0.334 e. The summed E-state index contributed by atoms with van der Waals surface area (Å²) in [7, 11) is 3.69. The van der Waals surface area contributed by atoms with Crippen molar-refractivity contribution in [2.24, 2.45) is 7.05 Å². The number of benzene rings is 1. The van der Waals surface area contributed by atoms with Crippen LogP contribution in [0.3, 0.4) is 0 Å². The SMILES string of the molecule is Cc1cc(C)c2c(C(=O)N(C)Cc3nncn3C)cc(C3CC3)nc2c1. The quantitative estimate of drug-likeness (QED) is 0.726. The normalized spacial score (nSPS) is 14.0. The van der Waals surface area contributed by atoms with E-state index in [1.807, 2.05) is 31.7 Å². The summed E-state index contributed by atoms with van der Waals surface area (Å²) >= 11 is 0. The molecule has 3 aromatic rings. The average molecular weight is 349 g/mol. The van der Waals surface area contributed by atoms with Gasteiger partial charge in [0.25, 0.3) is 5.91 Å². The van der Waals surface area contributed by atoms with Crippen LogP contribution in [-0.2, 0) is 13.6 Å². The van der Waals surface area contributed by atoms with E-state index in [2.05, 4.69) is 29.3 Å². The van der Waals surface area contributed by atoms with Gasteiger partial charge in [0.05, 0.1) is 17.6 Å². The second kappa shape index (κ2) is 6.20. The Bertz CT molecular complexity index is 1000. The van der Waals surface area contributed by atoms with Gasteiger partial charge in [0.1, 0.15) is 6.33 Å². The van der Waals surface area contributed by atoms with Crippen molar-refractivity contribution in [3.05, 3.63) is 52.7 Å². The second-order valence-electron chi connectivity index (χ2n) is 7.36. The van der Waals surface area contributed by atoms with E-state index >= 15 is 0 Å². The molecular formula is C20H23N5O. The van der Waals surface area contributed by atoms with Gasteiger partial charge in [-0.1, -0.05) is 6.07 Å². The molecule has 0 bridgehead atoms. The van der Waals surface area contributed by atoms with Gasteiger partial charge in [-0.2, -0.15) is 0 Å². The summed E-state index contributed by atoms with van der Waals surface area (Å²) in [5.41, 5.74) is 4.95. The van der Waals surface area contributed by atoms with E-state index < -0.39 is 0 Å². The lowest BCUT2D eigenvalue weighted by Crippen LogP contribution is -2.28. The third-order valence-corrected chi connectivity index (χ3v) is 5.03. The van der Waals surface area contributed by atoms with Crippen LogP contribution in [0.15, 0.2) is 24.5 Å². The summed E-state index contributed by atoms with van der Waals surface area (Å²) < 4.78 is 1.83. The van der Waals surface area contributed by atoms with Crippen molar-refractivity contribution in [1.29, 1.82) is 0 Å². The number of amides is 1. The van der Waals surface area contributed by atoms with Crippen LogP contribution < -0.4 is 0 Å². The molecule has 6 heteroatoms. The van der Waals surface area contributed by atoms with Gasteiger partial charge in [-0.15, -0.1) is 10.2 Å². The first kappa shape index (κ1) is 16.7. The Labute approximate surface area is 152 Å². The van der Waals surface area contributed by atoms with E-state index in [9.17, 15) is 4.79 Å². The van der Waals surface area contributed by atoms with E-state index in [-0.39, 0.29) is 5.91 Å². The number of aromatic nitrogens is 4. The lowest BCUT2D eigenvalue weighted by molar-refractivity contribution is 0.0782. The number of rotatable bonds is 4. The van der Waals surface area contributed by atoms with E-state index in [4.69, 9.17) is 4.98 Å². The number of carbonyl (C=O) groups is 1. The Hall–Kier alpha value is -2.76. The fraction of sp³-hybridized carbons (Fsp3) is 0.400. The smallest absolute Gasteiger partial charge is 0.254 e. The van der Waals surface area contributed by atoms with Crippen LogP contribution in [-0.4, -0.2) is 37.6 Å². The van der Waals surface area contributed by atoms with Crippen molar-refractivity contribution in [3.63, 3.8) is 0 Å². The fourth-order valence-electron chi connectivity index (χ4n) is 3.47. The summed E-state index contributed by atoms with van der Waals surface area (Å²) in [6.07, 6.45) is 3.96. The molecular weight excluding hydrogens is 326 g/mol. The van der Waals surface area contributed by atoms with Crippen LogP contribution in [0.5, 0.6) is 0 Å². The van der Waals surface area contributed by atoms with Gasteiger partial charge in [0, 0.05) is 31.1 Å². The van der Waals surface area contributed by atoms with Crippen molar-refractivity contribution in [2.45, 2.75) is 39.2 Å². The molecule has 1 aliphatic carbocycles. The van der Waals surface area contributed by atoms with Gasteiger partial charge in [-0.05, 0) is 49.9 Å². The summed E-state index contributed by atoms with van der Waals surface area (Å²) in [6.45, 7) is 4.54. The van der Waals surface area contributed by atoms with Gasteiger partial charge in [-0.3, -0.25) is 9.78 Å². The molecule has 0 N–H and O–H groups in total. The molecule has 2 aromatic heterocycles. The Morgan fingerprint density at radius 2 is 2.04 bits per heavy atom. The van der Waals surface area contributed by atoms with Crippen LogP contribution in [0.1, 0.15) is 51.8 Å². The summed E-state index contributed by atoms with van der Waals surface area (Å²) in [5.74, 6) is 1.25. The topological polar surface area (TPSA) is 63.9 Å². The highest BCUT2D eigenvalue weighted by Crippen LogP contribution is 2.40. The zero-order chi connectivity index (χ0) is 18.4. The van der Waals surface area contributed by atoms with Crippen molar-refractivity contribution in [2.75, 3.05) is 7.05 Å². The van der Waals surface area contributed by atoms with Crippen LogP contribution in [0.25, 0.3) is 10.9 Å². The van der Waals surface area contributed by atoms with Crippen LogP contribution in [0.2, 0.25) is 0 Å². The van der Waals surface area contributed by atoms with Crippen molar-refractivity contribution in [3.8, 4) is 0 Å². The number of aryl methyl sites for hydroxylation is 3. The maximum Gasteiger partial charge on any atom is 0.254 e. The first-order chi connectivity index (χ1) is 12.4. The first-order valence-corrected chi connectivity index (χ1v) is 8.94. The second-order valence-corrected chi connectivity index (χ2v) is 7.36. The molecule has 1 fully saturated rings. The lowest BCUT2D eigenvalue weighted by atomic mass is 9.99. The molecule has 1 aromatic carbocycles. The van der Waals surface area contributed by atoms with E-state index in [1.165, 1.54) is 5.56 Å². The number of pyridine rings is 1. The number of hydrogen-bond donors (Lipinski definition) is 0. The highest BCUT2D eigenvalue weighted by atomic mass is 16.2. The minimum atomic E-state index is -0.00532.